The van der Waals surface area contributed by atoms with Gasteiger partial charge in [-0.2, -0.15) is 0 Å². The number of nitrogens with one attached hydrogen (secondary N) is 1. The second-order valence-corrected chi connectivity index (χ2v) is 5.95. The van der Waals surface area contributed by atoms with Crippen LogP contribution in [0.15, 0.2) is 28.9 Å². The van der Waals surface area contributed by atoms with Gasteiger partial charge in [0.15, 0.2) is 0 Å². The van der Waals surface area contributed by atoms with Gasteiger partial charge in [-0.05, 0) is 43.9 Å². The average Bonchev–Trinajstić information content (AvgIpc) is 2.41. The van der Waals surface area contributed by atoms with Crippen LogP contribution in [-0.4, -0.2) is 27.2 Å². The van der Waals surface area contributed by atoms with Crippen LogP contribution in [0.4, 0.5) is 5.82 Å². The maximum Gasteiger partial charge on any atom is 0.145 e. The molecule has 100 valence electrons. The molecule has 5 heteroatoms. The minimum absolute atomic E-state index is 0.128. The number of hydrogen-bond donors (Lipinski definition) is 2. The number of aliphatic hydroxyl groups excluding tert-OH is 1. The van der Waals surface area contributed by atoms with Crippen LogP contribution in [0, 0.1) is 0 Å². The van der Waals surface area contributed by atoms with Gasteiger partial charge in [0.2, 0.25) is 0 Å². The lowest BCUT2D eigenvalue weighted by atomic mass is 9.93. The fraction of sp³-hybridized carbons (Fsp3) is 0.429. The molecule has 1 aliphatic rings. The summed E-state index contributed by atoms with van der Waals surface area (Å²) in [7, 11) is 0. The number of anilines is 1. The number of halogens is 1. The van der Waals surface area contributed by atoms with Crippen LogP contribution in [0.1, 0.15) is 25.7 Å². The van der Waals surface area contributed by atoms with Crippen molar-refractivity contribution >= 4 is 32.8 Å². The summed E-state index contributed by atoms with van der Waals surface area (Å²) in [6.45, 7) is 0. The summed E-state index contributed by atoms with van der Waals surface area (Å²) >= 11 is 3.45. The maximum absolute atomic E-state index is 9.50. The fourth-order valence-electron chi connectivity index (χ4n) is 2.48. The van der Waals surface area contributed by atoms with Gasteiger partial charge in [-0.25, -0.2) is 4.98 Å². The number of hydrogen-bond acceptors (Lipinski definition) is 4. The van der Waals surface area contributed by atoms with Crippen LogP contribution < -0.4 is 5.32 Å². The van der Waals surface area contributed by atoms with Crippen molar-refractivity contribution in [3.8, 4) is 0 Å². The second kappa shape index (κ2) is 5.43. The molecule has 0 amide bonds. The van der Waals surface area contributed by atoms with Gasteiger partial charge in [-0.15, -0.1) is 0 Å². The lowest BCUT2D eigenvalue weighted by molar-refractivity contribution is 0.126. The van der Waals surface area contributed by atoms with Crippen LogP contribution in [0.2, 0.25) is 0 Å². The molecular formula is C14H16BrN3O. The van der Waals surface area contributed by atoms with Crippen LogP contribution in [0.25, 0.3) is 11.0 Å². The summed E-state index contributed by atoms with van der Waals surface area (Å²) in [6, 6.07) is 6.28. The molecular weight excluding hydrogens is 306 g/mol. The molecule has 1 aromatic carbocycles. The minimum Gasteiger partial charge on any atom is -0.393 e. The predicted octanol–water partition coefficient (Wildman–Crippen LogP) is 3.11. The lowest BCUT2D eigenvalue weighted by Gasteiger charge is -2.26. The monoisotopic (exact) mass is 321 g/mol. The van der Waals surface area contributed by atoms with Crippen molar-refractivity contribution in [2.75, 3.05) is 5.32 Å². The van der Waals surface area contributed by atoms with E-state index in [1.165, 1.54) is 0 Å². The highest BCUT2D eigenvalue weighted by Gasteiger charge is 2.19. The molecule has 1 heterocycles. The molecule has 0 aliphatic heterocycles. The molecule has 19 heavy (non-hydrogen) atoms. The zero-order valence-corrected chi connectivity index (χ0v) is 12.1. The number of rotatable bonds is 2. The Hall–Kier alpha value is -1.20. The fourth-order valence-corrected chi connectivity index (χ4v) is 2.83. The van der Waals surface area contributed by atoms with Gasteiger partial charge in [-0.1, -0.05) is 15.9 Å². The third-order valence-electron chi connectivity index (χ3n) is 3.55. The molecule has 0 spiro atoms. The second-order valence-electron chi connectivity index (χ2n) is 5.04. The van der Waals surface area contributed by atoms with Gasteiger partial charge in [0, 0.05) is 10.5 Å². The highest BCUT2D eigenvalue weighted by atomic mass is 79.9. The van der Waals surface area contributed by atoms with Crippen molar-refractivity contribution in [3.63, 3.8) is 0 Å². The van der Waals surface area contributed by atoms with E-state index < -0.39 is 0 Å². The molecule has 0 saturated heterocycles. The zero-order valence-electron chi connectivity index (χ0n) is 10.5. The molecule has 0 unspecified atom stereocenters. The van der Waals surface area contributed by atoms with E-state index in [1.807, 2.05) is 18.2 Å². The molecule has 0 atom stereocenters. The Bertz CT molecular complexity index is 582. The van der Waals surface area contributed by atoms with E-state index in [2.05, 4.69) is 31.2 Å². The average molecular weight is 322 g/mol. The molecule has 0 radical (unpaired) electrons. The van der Waals surface area contributed by atoms with Gasteiger partial charge in [0.1, 0.15) is 5.82 Å². The smallest absolute Gasteiger partial charge is 0.145 e. The van der Waals surface area contributed by atoms with Crippen molar-refractivity contribution in [1.29, 1.82) is 0 Å². The van der Waals surface area contributed by atoms with E-state index >= 15 is 0 Å². The standard InChI is InChI=1S/C14H16BrN3O/c15-9-1-6-12-13(7-9)18-14(8-16-12)17-10-2-4-11(19)5-3-10/h1,6-8,10-11,19H,2-5H2,(H,17,18)/t10-,11-. The highest BCUT2D eigenvalue weighted by molar-refractivity contribution is 9.10. The van der Waals surface area contributed by atoms with Crippen molar-refractivity contribution in [3.05, 3.63) is 28.9 Å². The first-order valence-electron chi connectivity index (χ1n) is 6.57. The highest BCUT2D eigenvalue weighted by Crippen LogP contribution is 2.23. The third kappa shape index (κ3) is 3.04. The number of aliphatic hydroxyl groups is 1. The van der Waals surface area contributed by atoms with Crippen LogP contribution >= 0.6 is 15.9 Å². The molecule has 1 aromatic heterocycles. The molecule has 4 nitrogen and oxygen atoms in total. The van der Waals surface area contributed by atoms with E-state index in [4.69, 9.17) is 0 Å². The summed E-state index contributed by atoms with van der Waals surface area (Å²) < 4.78 is 1.01. The molecule has 0 bridgehead atoms. The van der Waals surface area contributed by atoms with Crippen molar-refractivity contribution in [2.45, 2.75) is 37.8 Å². The minimum atomic E-state index is -0.128. The number of fused-ring (bicyclic) bond motifs is 1. The molecule has 1 saturated carbocycles. The first-order chi connectivity index (χ1) is 9.20. The van der Waals surface area contributed by atoms with Gasteiger partial charge < -0.3 is 10.4 Å². The molecule has 1 aliphatic carbocycles. The summed E-state index contributed by atoms with van der Waals surface area (Å²) in [5.41, 5.74) is 1.78. The Labute approximate surface area is 120 Å². The van der Waals surface area contributed by atoms with Gasteiger partial charge in [0.25, 0.3) is 0 Å². The topological polar surface area (TPSA) is 58.0 Å². The number of nitrogens with zero attached hydrogens (tertiary/aromatic N) is 2. The quantitative estimate of drug-likeness (QED) is 0.892. The molecule has 3 rings (SSSR count). The molecule has 2 aromatic rings. The zero-order chi connectivity index (χ0) is 13.2. The van der Waals surface area contributed by atoms with Gasteiger partial charge in [-0.3, -0.25) is 4.98 Å². The Kier molecular flexibility index (Phi) is 3.66. The van der Waals surface area contributed by atoms with Crippen LogP contribution in [0.3, 0.4) is 0 Å². The maximum atomic E-state index is 9.50. The Morgan fingerprint density at radius 3 is 2.74 bits per heavy atom. The number of benzene rings is 1. The first-order valence-corrected chi connectivity index (χ1v) is 7.37. The summed E-state index contributed by atoms with van der Waals surface area (Å²) in [5.74, 6) is 0.812. The summed E-state index contributed by atoms with van der Waals surface area (Å²) in [5, 5.41) is 12.9. The first kappa shape index (κ1) is 12.8. The molecule has 2 N–H and O–H groups in total. The van der Waals surface area contributed by atoms with Crippen LogP contribution in [0.5, 0.6) is 0 Å². The summed E-state index contributed by atoms with van der Waals surface area (Å²) in [6.07, 6.45) is 5.35. The van der Waals surface area contributed by atoms with E-state index in [9.17, 15) is 5.11 Å². The SMILES string of the molecule is O[C@H]1CC[C@H](Nc2cnc3ccc(Br)cc3n2)CC1. The Balaban J connectivity index is 1.77. The largest absolute Gasteiger partial charge is 0.393 e. The van der Waals surface area contributed by atoms with E-state index in [1.54, 1.807) is 6.20 Å². The van der Waals surface area contributed by atoms with E-state index in [0.29, 0.717) is 6.04 Å². The van der Waals surface area contributed by atoms with Crippen molar-refractivity contribution in [2.24, 2.45) is 0 Å². The third-order valence-corrected chi connectivity index (χ3v) is 4.05. The molecule has 1 fully saturated rings. The van der Waals surface area contributed by atoms with Crippen molar-refractivity contribution < 1.29 is 5.11 Å². The lowest BCUT2D eigenvalue weighted by Crippen LogP contribution is -2.28. The Morgan fingerprint density at radius 1 is 1.16 bits per heavy atom. The number of aromatic nitrogens is 2. The van der Waals surface area contributed by atoms with Gasteiger partial charge in [0.05, 0.1) is 23.3 Å². The van der Waals surface area contributed by atoms with E-state index in [0.717, 1.165) is 47.0 Å². The van der Waals surface area contributed by atoms with Crippen molar-refractivity contribution in [1.82, 2.24) is 9.97 Å². The Morgan fingerprint density at radius 2 is 1.95 bits per heavy atom. The van der Waals surface area contributed by atoms with Gasteiger partial charge >= 0.3 is 0 Å². The normalized spacial score (nSPS) is 23.5. The predicted molar refractivity (Wildman–Crippen MR) is 79.1 cm³/mol. The van der Waals surface area contributed by atoms with Crippen LogP contribution in [-0.2, 0) is 0 Å². The summed E-state index contributed by atoms with van der Waals surface area (Å²) in [4.78, 5) is 8.99. The van der Waals surface area contributed by atoms with E-state index in [-0.39, 0.29) is 6.10 Å².